The van der Waals surface area contributed by atoms with Crippen LogP contribution in [0.5, 0.6) is 0 Å². The third kappa shape index (κ3) is 1.10. The Bertz CT molecular complexity index is 313. The molecule has 0 aromatic carbocycles. The lowest BCUT2D eigenvalue weighted by Gasteiger charge is -1.93. The normalized spacial score (nSPS) is 9.82. The topological polar surface area (TPSA) is 52.8 Å². The van der Waals surface area contributed by atoms with Crippen molar-refractivity contribution in [3.63, 3.8) is 0 Å². The Morgan fingerprint density at radius 1 is 1.18 bits per heavy atom. The molecule has 2 aromatic rings. The van der Waals surface area contributed by atoms with E-state index in [2.05, 4.69) is 20.2 Å². The van der Waals surface area contributed by atoms with Gasteiger partial charge in [0, 0.05) is 12.4 Å². The summed E-state index contributed by atoms with van der Waals surface area (Å²) in [7, 11) is 0. The molecule has 0 atom stereocenters. The number of hydrogen-bond acceptors (Lipinski definition) is 3. The van der Waals surface area contributed by atoms with Crippen LogP contribution in [-0.2, 0) is 0 Å². The van der Waals surface area contributed by atoms with Gasteiger partial charge in [0.1, 0.15) is 5.69 Å². The summed E-state index contributed by atoms with van der Waals surface area (Å²) in [6.07, 6.45) is 6.54. The molecule has 0 fully saturated rings. The lowest BCUT2D eigenvalue weighted by atomic mass is 10.3. The molecule has 0 unspecified atom stereocenters. The van der Waals surface area contributed by atoms with Gasteiger partial charge in [-0.3, -0.25) is 9.97 Å². The van der Waals surface area contributed by atoms with Crippen LogP contribution in [0.15, 0.2) is 30.9 Å². The van der Waals surface area contributed by atoms with Gasteiger partial charge < -0.3 is 10.2 Å². The molecule has 0 aliphatic rings. The minimum absolute atomic E-state index is 0.755. The quantitative estimate of drug-likeness (QED) is 0.586. The van der Waals surface area contributed by atoms with Gasteiger partial charge in [-0.1, -0.05) is 6.07 Å². The lowest BCUT2D eigenvalue weighted by Crippen LogP contribution is -1.83. The van der Waals surface area contributed by atoms with Gasteiger partial charge >= 0.3 is 0 Å². The van der Waals surface area contributed by atoms with Crippen molar-refractivity contribution < 1.29 is 0 Å². The first kappa shape index (κ1) is 6.03. The van der Waals surface area contributed by atoms with Crippen LogP contribution in [0.2, 0.25) is 0 Å². The molecule has 11 heavy (non-hydrogen) atoms. The minimum atomic E-state index is 0.755. The Morgan fingerprint density at radius 3 is 2.82 bits per heavy atom. The Hall–Kier alpha value is -1.71. The summed E-state index contributed by atoms with van der Waals surface area (Å²) in [5.41, 5.74) is 1.52. The van der Waals surface area contributed by atoms with Crippen molar-refractivity contribution in [2.24, 2.45) is 0 Å². The molecule has 0 aliphatic carbocycles. The average Bonchev–Trinajstić information content (AvgIpc) is 2.58. The molecule has 0 amide bonds. The van der Waals surface area contributed by atoms with E-state index < -0.39 is 0 Å². The van der Waals surface area contributed by atoms with Crippen molar-refractivity contribution in [2.75, 3.05) is 0 Å². The smallest absolute Gasteiger partial charge is 0.105 e. The molecule has 2 rings (SSSR count). The van der Waals surface area contributed by atoms with E-state index >= 15 is 0 Å². The summed E-state index contributed by atoms with van der Waals surface area (Å²) in [5, 5.41) is 7.51. The first-order chi connectivity index (χ1) is 5.47. The highest BCUT2D eigenvalue weighted by Crippen LogP contribution is 2.08. The van der Waals surface area contributed by atoms with Crippen molar-refractivity contribution in [3.05, 3.63) is 30.9 Å². The van der Waals surface area contributed by atoms with Gasteiger partial charge in [-0.05, 0) is 0 Å². The molecule has 4 nitrogen and oxygen atoms in total. The molecule has 2 aromatic heterocycles. The highest BCUT2D eigenvalue weighted by molar-refractivity contribution is 5.50. The second kappa shape index (κ2) is 2.49. The van der Waals surface area contributed by atoms with Crippen molar-refractivity contribution in [2.45, 2.75) is 0 Å². The first-order valence-corrected chi connectivity index (χ1v) is 3.17. The molecule has 0 saturated carbocycles. The van der Waals surface area contributed by atoms with E-state index in [0.29, 0.717) is 0 Å². The summed E-state index contributed by atoms with van der Waals surface area (Å²) in [5.74, 6) is 0. The van der Waals surface area contributed by atoms with Gasteiger partial charge in [0.2, 0.25) is 0 Å². The number of hydrogen-bond donors (Lipinski definition) is 0. The first-order valence-electron chi connectivity index (χ1n) is 3.17. The minimum Gasteiger partial charge on any atom is -0.581 e. The fourth-order valence-electron chi connectivity index (χ4n) is 0.801. The summed E-state index contributed by atoms with van der Waals surface area (Å²) >= 11 is 0. The van der Waals surface area contributed by atoms with E-state index in [4.69, 9.17) is 0 Å². The van der Waals surface area contributed by atoms with Crippen LogP contribution in [-0.4, -0.2) is 15.1 Å². The van der Waals surface area contributed by atoms with E-state index in [9.17, 15) is 0 Å². The molecule has 0 aliphatic heterocycles. The molecular formula is C7H5N4-. The van der Waals surface area contributed by atoms with Gasteiger partial charge in [-0.25, -0.2) is 0 Å². The van der Waals surface area contributed by atoms with Crippen molar-refractivity contribution in [1.82, 2.24) is 20.2 Å². The number of nitrogens with zero attached hydrogens (tertiary/aromatic N) is 4. The summed E-state index contributed by atoms with van der Waals surface area (Å²) in [6, 6.07) is 1.80. The SMILES string of the molecule is c1cnc(-c2cc[n-]n2)cn1. The lowest BCUT2D eigenvalue weighted by molar-refractivity contribution is 1.05. The van der Waals surface area contributed by atoms with Crippen molar-refractivity contribution in [1.29, 1.82) is 0 Å². The standard InChI is InChI=1S/C7H5N4/c1-2-10-11-6(1)7-5-8-3-4-9-7/h1-5H/q-1. The summed E-state index contributed by atoms with van der Waals surface area (Å²) < 4.78 is 0. The van der Waals surface area contributed by atoms with E-state index in [-0.39, 0.29) is 0 Å². The van der Waals surface area contributed by atoms with Gasteiger partial charge in [0.25, 0.3) is 0 Å². The monoisotopic (exact) mass is 145 g/mol. The molecular weight excluding hydrogens is 140 g/mol. The molecule has 0 radical (unpaired) electrons. The fraction of sp³-hybridized carbons (Fsp3) is 0. The Balaban J connectivity index is 2.46. The molecule has 0 saturated heterocycles. The Morgan fingerprint density at radius 2 is 2.18 bits per heavy atom. The Labute approximate surface area is 63.3 Å². The largest absolute Gasteiger partial charge is 0.581 e. The molecule has 54 valence electrons. The second-order valence-corrected chi connectivity index (χ2v) is 2.01. The highest BCUT2D eigenvalue weighted by atomic mass is 15.1. The molecule has 0 N–H and O–H groups in total. The van der Waals surface area contributed by atoms with Crippen LogP contribution in [0, 0.1) is 0 Å². The number of rotatable bonds is 1. The van der Waals surface area contributed by atoms with Crippen LogP contribution in [0.25, 0.3) is 11.4 Å². The molecule has 0 bridgehead atoms. The zero-order valence-electron chi connectivity index (χ0n) is 5.68. The van der Waals surface area contributed by atoms with Crippen LogP contribution in [0.4, 0.5) is 0 Å². The predicted molar refractivity (Wildman–Crippen MR) is 38.6 cm³/mol. The van der Waals surface area contributed by atoms with E-state index in [1.807, 2.05) is 0 Å². The average molecular weight is 145 g/mol. The van der Waals surface area contributed by atoms with Gasteiger partial charge in [-0.15, -0.1) is 0 Å². The second-order valence-electron chi connectivity index (χ2n) is 2.01. The maximum absolute atomic E-state index is 4.06. The van der Waals surface area contributed by atoms with E-state index in [1.165, 1.54) is 0 Å². The molecule has 4 heteroatoms. The number of aromatic nitrogens is 4. The molecule has 0 spiro atoms. The van der Waals surface area contributed by atoms with Crippen molar-refractivity contribution >= 4 is 0 Å². The van der Waals surface area contributed by atoms with Crippen LogP contribution in [0.1, 0.15) is 0 Å². The zero-order valence-corrected chi connectivity index (χ0v) is 5.68. The highest BCUT2D eigenvalue weighted by Gasteiger charge is 1.93. The third-order valence-corrected chi connectivity index (χ3v) is 1.29. The summed E-state index contributed by atoms with van der Waals surface area (Å²) in [4.78, 5) is 7.97. The van der Waals surface area contributed by atoms with Gasteiger partial charge in [-0.2, -0.15) is 6.20 Å². The molecule has 2 heterocycles. The predicted octanol–water partition coefficient (Wildman–Crippen LogP) is 0.496. The van der Waals surface area contributed by atoms with Gasteiger partial charge in [0.05, 0.1) is 11.9 Å². The van der Waals surface area contributed by atoms with Crippen LogP contribution < -0.4 is 5.10 Å². The third-order valence-electron chi connectivity index (χ3n) is 1.29. The van der Waals surface area contributed by atoms with E-state index in [1.54, 1.807) is 30.9 Å². The fourth-order valence-corrected chi connectivity index (χ4v) is 0.801. The zero-order chi connectivity index (χ0) is 7.52. The van der Waals surface area contributed by atoms with Crippen LogP contribution in [0.3, 0.4) is 0 Å². The van der Waals surface area contributed by atoms with Crippen molar-refractivity contribution in [3.8, 4) is 11.4 Å². The van der Waals surface area contributed by atoms with Gasteiger partial charge in [0.15, 0.2) is 0 Å². The summed E-state index contributed by atoms with van der Waals surface area (Å²) in [6.45, 7) is 0. The Kier molecular flexibility index (Phi) is 1.37. The van der Waals surface area contributed by atoms with E-state index in [0.717, 1.165) is 11.4 Å². The maximum Gasteiger partial charge on any atom is 0.105 e. The van der Waals surface area contributed by atoms with Crippen LogP contribution >= 0.6 is 0 Å². The maximum atomic E-state index is 4.06.